The number of aryl methyl sites for hydroxylation is 1. The number of nitrogens with zero attached hydrogens (tertiary/aromatic N) is 3. The maximum atomic E-state index is 12.6. The van der Waals surface area contributed by atoms with Crippen LogP contribution in [0.15, 0.2) is 75.4 Å². The highest BCUT2D eigenvalue weighted by Crippen LogP contribution is 2.40. The first kappa shape index (κ1) is 25.9. The SMILES string of the molecule is Cc1ccc(C(C)(C)C)c(OCC(=O)N=Nc2c(O)n(Cc3ccc(Cl)cc3)c3ccc(Br)cc23)c1. The van der Waals surface area contributed by atoms with Gasteiger partial charge in [-0.2, -0.15) is 0 Å². The molecule has 8 heteroatoms. The molecular formula is C28H27BrClN3O3. The van der Waals surface area contributed by atoms with Gasteiger partial charge in [0, 0.05) is 14.9 Å². The molecule has 4 aromatic rings. The second-order valence-corrected chi connectivity index (χ2v) is 11.0. The Bertz CT molecular complexity index is 1450. The summed E-state index contributed by atoms with van der Waals surface area (Å²) in [6, 6.07) is 18.9. The molecule has 0 unspecified atom stereocenters. The maximum absolute atomic E-state index is 12.6. The van der Waals surface area contributed by atoms with Crippen molar-refractivity contribution in [1.82, 2.24) is 4.57 Å². The van der Waals surface area contributed by atoms with Crippen LogP contribution in [0.1, 0.15) is 37.5 Å². The molecule has 0 bridgehead atoms. The first-order valence-electron chi connectivity index (χ1n) is 11.5. The predicted octanol–water partition coefficient (Wildman–Crippen LogP) is 8.11. The highest BCUT2D eigenvalue weighted by atomic mass is 79.9. The van der Waals surface area contributed by atoms with Crippen LogP contribution >= 0.6 is 27.5 Å². The number of halogens is 2. The van der Waals surface area contributed by atoms with Gasteiger partial charge in [0.1, 0.15) is 5.75 Å². The Labute approximate surface area is 223 Å². The number of amides is 1. The molecule has 0 radical (unpaired) electrons. The van der Waals surface area contributed by atoms with Gasteiger partial charge in [0.05, 0.1) is 12.1 Å². The van der Waals surface area contributed by atoms with Crippen LogP contribution in [0.5, 0.6) is 11.6 Å². The van der Waals surface area contributed by atoms with E-state index in [9.17, 15) is 9.90 Å². The number of azo groups is 1. The van der Waals surface area contributed by atoms with Gasteiger partial charge in [-0.25, -0.2) is 0 Å². The lowest BCUT2D eigenvalue weighted by molar-refractivity contribution is -0.120. The average Bonchev–Trinajstić information content (AvgIpc) is 3.06. The molecule has 6 nitrogen and oxygen atoms in total. The molecule has 1 amide bonds. The fraction of sp³-hybridized carbons (Fsp3) is 0.250. The molecule has 0 aliphatic heterocycles. The van der Waals surface area contributed by atoms with Gasteiger partial charge in [0.2, 0.25) is 5.88 Å². The van der Waals surface area contributed by atoms with E-state index < -0.39 is 5.91 Å². The summed E-state index contributed by atoms with van der Waals surface area (Å²) in [5, 5.41) is 20.3. The molecular weight excluding hydrogens is 542 g/mol. The Morgan fingerprint density at radius 2 is 1.81 bits per heavy atom. The summed E-state index contributed by atoms with van der Waals surface area (Å²) >= 11 is 9.48. The molecule has 1 aromatic heterocycles. The fourth-order valence-electron chi connectivity index (χ4n) is 3.97. The molecule has 36 heavy (non-hydrogen) atoms. The van der Waals surface area contributed by atoms with Gasteiger partial charge in [-0.3, -0.25) is 4.79 Å². The van der Waals surface area contributed by atoms with Crippen LogP contribution in [0.25, 0.3) is 10.9 Å². The third kappa shape index (κ3) is 5.79. The molecule has 0 atom stereocenters. The smallest absolute Gasteiger partial charge is 0.302 e. The Balaban J connectivity index is 1.59. The van der Waals surface area contributed by atoms with E-state index in [1.54, 1.807) is 16.7 Å². The van der Waals surface area contributed by atoms with Crippen molar-refractivity contribution in [3.63, 3.8) is 0 Å². The number of hydrogen-bond acceptors (Lipinski definition) is 4. The van der Waals surface area contributed by atoms with Crippen molar-refractivity contribution in [3.05, 3.63) is 86.8 Å². The number of fused-ring (bicyclic) bond motifs is 1. The lowest BCUT2D eigenvalue weighted by Crippen LogP contribution is -2.16. The van der Waals surface area contributed by atoms with E-state index in [0.29, 0.717) is 22.7 Å². The molecule has 186 valence electrons. The summed E-state index contributed by atoms with van der Waals surface area (Å²) in [5.74, 6) is 0.0194. The largest absolute Gasteiger partial charge is 0.493 e. The first-order valence-corrected chi connectivity index (χ1v) is 12.6. The van der Waals surface area contributed by atoms with E-state index in [2.05, 4.69) is 46.9 Å². The van der Waals surface area contributed by atoms with E-state index in [0.717, 1.165) is 26.7 Å². The Morgan fingerprint density at radius 3 is 2.50 bits per heavy atom. The van der Waals surface area contributed by atoms with Crippen molar-refractivity contribution in [2.45, 2.75) is 39.7 Å². The highest BCUT2D eigenvalue weighted by Gasteiger charge is 2.20. The van der Waals surface area contributed by atoms with Gasteiger partial charge in [0.25, 0.3) is 0 Å². The van der Waals surface area contributed by atoms with Gasteiger partial charge >= 0.3 is 5.91 Å². The zero-order chi connectivity index (χ0) is 26.0. The number of rotatable bonds is 6. The standard InChI is InChI=1S/C28H27BrClN3O3/c1-17-5-11-22(28(2,3)4)24(13-17)36-16-25(34)31-32-26-21-14-19(29)8-12-23(21)33(27(26)35)15-18-6-9-20(30)10-7-18/h5-14,35H,15-16H2,1-4H3. The highest BCUT2D eigenvalue weighted by molar-refractivity contribution is 9.10. The summed E-state index contributed by atoms with van der Waals surface area (Å²) < 4.78 is 8.38. The number of carbonyl (C=O) groups is 1. The van der Waals surface area contributed by atoms with Crippen LogP contribution in [0.4, 0.5) is 5.69 Å². The summed E-state index contributed by atoms with van der Waals surface area (Å²) in [5.41, 5.74) is 3.84. The Hall–Kier alpha value is -3.16. The third-order valence-corrected chi connectivity index (χ3v) is 6.53. The van der Waals surface area contributed by atoms with Gasteiger partial charge < -0.3 is 14.4 Å². The van der Waals surface area contributed by atoms with E-state index in [1.165, 1.54) is 0 Å². The molecule has 0 spiro atoms. The number of hydrogen-bond donors (Lipinski definition) is 1. The van der Waals surface area contributed by atoms with Crippen LogP contribution in [-0.2, 0) is 16.8 Å². The van der Waals surface area contributed by atoms with Gasteiger partial charge in [-0.1, -0.05) is 72.6 Å². The van der Waals surface area contributed by atoms with Gasteiger partial charge in [-0.15, -0.1) is 10.2 Å². The minimum atomic E-state index is -0.552. The van der Waals surface area contributed by atoms with E-state index >= 15 is 0 Å². The summed E-state index contributed by atoms with van der Waals surface area (Å²) in [7, 11) is 0. The van der Waals surface area contributed by atoms with Crippen molar-refractivity contribution in [2.75, 3.05) is 6.61 Å². The quantitative estimate of drug-likeness (QED) is 0.239. The van der Waals surface area contributed by atoms with Crippen LogP contribution in [0.2, 0.25) is 5.02 Å². The van der Waals surface area contributed by atoms with Crippen molar-refractivity contribution >= 4 is 50.0 Å². The van der Waals surface area contributed by atoms with E-state index in [-0.39, 0.29) is 23.6 Å². The fourth-order valence-corrected chi connectivity index (χ4v) is 4.46. The summed E-state index contributed by atoms with van der Waals surface area (Å²) in [4.78, 5) is 12.6. The van der Waals surface area contributed by atoms with Crippen LogP contribution in [0.3, 0.4) is 0 Å². The lowest BCUT2D eigenvalue weighted by atomic mass is 9.86. The van der Waals surface area contributed by atoms with Crippen molar-refractivity contribution in [3.8, 4) is 11.6 Å². The molecule has 0 fully saturated rings. The molecule has 0 saturated carbocycles. The minimum Gasteiger partial charge on any atom is -0.493 e. The van der Waals surface area contributed by atoms with E-state index in [4.69, 9.17) is 16.3 Å². The summed E-state index contributed by atoms with van der Waals surface area (Å²) in [6.07, 6.45) is 0. The third-order valence-electron chi connectivity index (χ3n) is 5.78. The molecule has 0 aliphatic carbocycles. The first-order chi connectivity index (χ1) is 17.0. The number of benzene rings is 3. The van der Waals surface area contributed by atoms with E-state index in [1.807, 2.05) is 55.5 Å². The molecule has 4 rings (SSSR count). The van der Waals surface area contributed by atoms with Gasteiger partial charge in [0.15, 0.2) is 12.3 Å². The predicted molar refractivity (Wildman–Crippen MR) is 147 cm³/mol. The number of aromatic hydroxyl groups is 1. The second kappa shape index (κ2) is 10.4. The van der Waals surface area contributed by atoms with Crippen molar-refractivity contribution in [2.24, 2.45) is 10.2 Å². The number of carbonyl (C=O) groups excluding carboxylic acids is 1. The topological polar surface area (TPSA) is 76.2 Å². The maximum Gasteiger partial charge on any atom is 0.302 e. The monoisotopic (exact) mass is 567 g/mol. The second-order valence-electron chi connectivity index (χ2n) is 9.68. The van der Waals surface area contributed by atoms with Gasteiger partial charge in [-0.05, 0) is 65.4 Å². The minimum absolute atomic E-state index is 0.0794. The Morgan fingerprint density at radius 1 is 1.08 bits per heavy atom. The number of ether oxygens (including phenoxy) is 1. The molecule has 0 saturated heterocycles. The van der Waals surface area contributed by atoms with Crippen LogP contribution in [0, 0.1) is 6.92 Å². The van der Waals surface area contributed by atoms with Crippen LogP contribution in [-0.4, -0.2) is 22.2 Å². The zero-order valence-corrected chi connectivity index (χ0v) is 22.9. The van der Waals surface area contributed by atoms with Crippen LogP contribution < -0.4 is 4.74 Å². The zero-order valence-electron chi connectivity index (χ0n) is 20.5. The summed E-state index contributed by atoms with van der Waals surface area (Å²) in [6.45, 7) is 8.38. The molecule has 3 aromatic carbocycles. The number of aromatic nitrogens is 1. The molecule has 0 aliphatic rings. The van der Waals surface area contributed by atoms with Crippen molar-refractivity contribution in [1.29, 1.82) is 0 Å². The van der Waals surface area contributed by atoms with Crippen molar-refractivity contribution < 1.29 is 14.6 Å². The normalized spacial score (nSPS) is 11.9. The molecule has 1 heterocycles. The molecule has 1 N–H and O–H groups in total. The lowest BCUT2D eigenvalue weighted by Gasteiger charge is -2.22. The average molecular weight is 569 g/mol. The Kier molecular flexibility index (Phi) is 7.52.